The number of nitrogens with one attached hydrogen (secondary N) is 1. The minimum atomic E-state index is -0.735. The summed E-state index contributed by atoms with van der Waals surface area (Å²) in [6.07, 6.45) is 4.49. The van der Waals surface area contributed by atoms with E-state index in [0.717, 1.165) is 25.7 Å². The molecule has 0 fully saturated rings. The fraction of sp³-hybridized carbons (Fsp3) is 0.381. The molecule has 0 saturated heterocycles. The van der Waals surface area contributed by atoms with E-state index in [1.165, 1.54) is 22.3 Å². The standard InChI is InChI=1S/C21H25NO2/c1-2-6-20(21(23)24)22-19-12-11-16-9-10-17(13-18(16)14-19)15-7-4-3-5-8-15/h3-5,7-10,13,19-20,22H,2,6,11-12,14H2,1H3,(H,23,24)/t19-,20?/m0/s1. The number of benzene rings is 2. The molecule has 2 atom stereocenters. The topological polar surface area (TPSA) is 49.3 Å². The number of aryl methyl sites for hydroxylation is 1. The number of carboxylic acid groups (broad SMARTS) is 1. The molecule has 3 heteroatoms. The molecule has 0 saturated carbocycles. The third kappa shape index (κ3) is 3.85. The molecule has 0 amide bonds. The fourth-order valence-electron chi connectivity index (χ4n) is 3.56. The Bertz CT molecular complexity index is 696. The quantitative estimate of drug-likeness (QED) is 0.843. The minimum Gasteiger partial charge on any atom is -0.480 e. The normalized spacial score (nSPS) is 18.0. The van der Waals surface area contributed by atoms with Crippen LogP contribution in [-0.4, -0.2) is 23.2 Å². The van der Waals surface area contributed by atoms with Crippen molar-refractivity contribution in [3.8, 4) is 11.1 Å². The second-order valence-corrected chi connectivity index (χ2v) is 6.64. The highest BCUT2D eigenvalue weighted by Crippen LogP contribution is 2.28. The summed E-state index contributed by atoms with van der Waals surface area (Å²) in [7, 11) is 0. The molecule has 3 rings (SSSR count). The SMILES string of the molecule is CCCC(N[C@H]1CCc2ccc(-c3ccccc3)cc2C1)C(=O)O. The molecule has 0 radical (unpaired) electrons. The molecule has 24 heavy (non-hydrogen) atoms. The average molecular weight is 323 g/mol. The number of aliphatic carboxylic acids is 1. The van der Waals surface area contributed by atoms with E-state index in [9.17, 15) is 9.90 Å². The molecule has 0 bridgehead atoms. The summed E-state index contributed by atoms with van der Waals surface area (Å²) in [4.78, 5) is 11.4. The zero-order valence-electron chi connectivity index (χ0n) is 14.2. The number of hydrogen-bond donors (Lipinski definition) is 2. The van der Waals surface area contributed by atoms with Crippen LogP contribution in [0.3, 0.4) is 0 Å². The molecule has 0 aromatic heterocycles. The van der Waals surface area contributed by atoms with Crippen molar-refractivity contribution in [1.29, 1.82) is 0 Å². The van der Waals surface area contributed by atoms with E-state index in [1.54, 1.807) is 0 Å². The Labute approximate surface area is 143 Å². The summed E-state index contributed by atoms with van der Waals surface area (Å²) >= 11 is 0. The van der Waals surface area contributed by atoms with Crippen molar-refractivity contribution in [2.24, 2.45) is 0 Å². The summed E-state index contributed by atoms with van der Waals surface area (Å²) in [5.74, 6) is -0.735. The summed E-state index contributed by atoms with van der Waals surface area (Å²) in [5, 5.41) is 12.7. The lowest BCUT2D eigenvalue weighted by molar-refractivity contribution is -0.139. The highest BCUT2D eigenvalue weighted by molar-refractivity contribution is 5.73. The largest absolute Gasteiger partial charge is 0.480 e. The smallest absolute Gasteiger partial charge is 0.320 e. The molecule has 0 heterocycles. The number of carbonyl (C=O) groups is 1. The first-order valence-electron chi connectivity index (χ1n) is 8.83. The van der Waals surface area contributed by atoms with Gasteiger partial charge in [0.05, 0.1) is 0 Å². The van der Waals surface area contributed by atoms with Gasteiger partial charge in [-0.15, -0.1) is 0 Å². The lowest BCUT2D eigenvalue weighted by Crippen LogP contribution is -2.45. The number of hydrogen-bond acceptors (Lipinski definition) is 2. The summed E-state index contributed by atoms with van der Waals surface area (Å²) in [6.45, 7) is 2.03. The third-order valence-corrected chi connectivity index (χ3v) is 4.85. The molecule has 0 aliphatic heterocycles. The van der Waals surface area contributed by atoms with Crippen molar-refractivity contribution in [3.05, 3.63) is 59.7 Å². The number of carboxylic acids is 1. The van der Waals surface area contributed by atoms with Gasteiger partial charge in [0.1, 0.15) is 6.04 Å². The molecule has 2 N–H and O–H groups in total. The monoisotopic (exact) mass is 323 g/mol. The van der Waals surface area contributed by atoms with Crippen molar-refractivity contribution in [1.82, 2.24) is 5.32 Å². The Morgan fingerprint density at radius 3 is 2.67 bits per heavy atom. The molecule has 3 nitrogen and oxygen atoms in total. The van der Waals surface area contributed by atoms with Crippen molar-refractivity contribution >= 4 is 5.97 Å². The fourth-order valence-corrected chi connectivity index (χ4v) is 3.56. The first-order chi connectivity index (χ1) is 11.7. The number of fused-ring (bicyclic) bond motifs is 1. The summed E-state index contributed by atoms with van der Waals surface area (Å²) in [6, 6.07) is 16.9. The van der Waals surface area contributed by atoms with Crippen LogP contribution in [0, 0.1) is 0 Å². The van der Waals surface area contributed by atoms with E-state index >= 15 is 0 Å². The maximum absolute atomic E-state index is 11.4. The van der Waals surface area contributed by atoms with Crippen molar-refractivity contribution in [3.63, 3.8) is 0 Å². The van der Waals surface area contributed by atoms with Crippen LogP contribution in [0.15, 0.2) is 48.5 Å². The van der Waals surface area contributed by atoms with Gasteiger partial charge in [-0.1, -0.05) is 61.9 Å². The van der Waals surface area contributed by atoms with Crippen molar-refractivity contribution in [2.45, 2.75) is 51.1 Å². The van der Waals surface area contributed by atoms with E-state index in [-0.39, 0.29) is 6.04 Å². The first kappa shape index (κ1) is 16.7. The van der Waals surface area contributed by atoms with E-state index in [4.69, 9.17) is 0 Å². The molecular weight excluding hydrogens is 298 g/mol. The second-order valence-electron chi connectivity index (χ2n) is 6.64. The van der Waals surface area contributed by atoms with Crippen LogP contribution in [0.1, 0.15) is 37.3 Å². The van der Waals surface area contributed by atoms with Crippen LogP contribution in [-0.2, 0) is 17.6 Å². The van der Waals surface area contributed by atoms with Crippen LogP contribution < -0.4 is 5.32 Å². The lowest BCUT2D eigenvalue weighted by Gasteiger charge is -2.28. The maximum atomic E-state index is 11.4. The Kier molecular flexibility index (Phi) is 5.31. The van der Waals surface area contributed by atoms with E-state index < -0.39 is 12.0 Å². The Morgan fingerprint density at radius 2 is 1.96 bits per heavy atom. The van der Waals surface area contributed by atoms with E-state index in [1.807, 2.05) is 13.0 Å². The predicted octanol–water partition coefficient (Wildman–Crippen LogP) is 4.05. The molecular formula is C21H25NO2. The maximum Gasteiger partial charge on any atom is 0.320 e. The average Bonchev–Trinajstić information content (AvgIpc) is 2.61. The lowest BCUT2D eigenvalue weighted by atomic mass is 9.86. The van der Waals surface area contributed by atoms with Gasteiger partial charge in [0.2, 0.25) is 0 Å². The van der Waals surface area contributed by atoms with E-state index in [0.29, 0.717) is 6.42 Å². The molecule has 2 aromatic carbocycles. The van der Waals surface area contributed by atoms with Gasteiger partial charge in [-0.05, 0) is 47.9 Å². The van der Waals surface area contributed by atoms with Gasteiger partial charge in [0.25, 0.3) is 0 Å². The number of rotatable bonds is 6. The zero-order valence-corrected chi connectivity index (χ0v) is 14.2. The molecule has 2 aromatic rings. The van der Waals surface area contributed by atoms with Crippen molar-refractivity contribution < 1.29 is 9.90 Å². The molecule has 1 unspecified atom stereocenters. The highest BCUT2D eigenvalue weighted by Gasteiger charge is 2.24. The van der Waals surface area contributed by atoms with Crippen LogP contribution in [0.25, 0.3) is 11.1 Å². The zero-order chi connectivity index (χ0) is 16.9. The minimum absolute atomic E-state index is 0.246. The first-order valence-corrected chi connectivity index (χ1v) is 8.83. The van der Waals surface area contributed by atoms with Crippen LogP contribution >= 0.6 is 0 Å². The summed E-state index contributed by atoms with van der Waals surface area (Å²) in [5.41, 5.74) is 5.21. The van der Waals surface area contributed by atoms with E-state index in [2.05, 4.69) is 47.8 Å². The van der Waals surface area contributed by atoms with Gasteiger partial charge >= 0.3 is 5.97 Å². The highest BCUT2D eigenvalue weighted by atomic mass is 16.4. The van der Waals surface area contributed by atoms with Gasteiger partial charge in [-0.25, -0.2) is 0 Å². The third-order valence-electron chi connectivity index (χ3n) is 4.85. The Balaban J connectivity index is 1.76. The molecule has 0 spiro atoms. The molecule has 1 aliphatic carbocycles. The Morgan fingerprint density at radius 1 is 1.17 bits per heavy atom. The van der Waals surface area contributed by atoms with Gasteiger partial charge in [-0.2, -0.15) is 0 Å². The second kappa shape index (κ2) is 7.63. The Hall–Kier alpha value is -2.13. The van der Waals surface area contributed by atoms with Gasteiger partial charge in [0, 0.05) is 6.04 Å². The van der Waals surface area contributed by atoms with Crippen LogP contribution in [0.4, 0.5) is 0 Å². The van der Waals surface area contributed by atoms with Gasteiger partial charge in [-0.3, -0.25) is 4.79 Å². The van der Waals surface area contributed by atoms with Gasteiger partial charge < -0.3 is 10.4 Å². The summed E-state index contributed by atoms with van der Waals surface area (Å²) < 4.78 is 0. The van der Waals surface area contributed by atoms with Crippen LogP contribution in [0.5, 0.6) is 0 Å². The van der Waals surface area contributed by atoms with Gasteiger partial charge in [0.15, 0.2) is 0 Å². The predicted molar refractivity (Wildman–Crippen MR) is 97.2 cm³/mol. The molecule has 1 aliphatic rings. The van der Waals surface area contributed by atoms with Crippen molar-refractivity contribution in [2.75, 3.05) is 0 Å². The van der Waals surface area contributed by atoms with Crippen LogP contribution in [0.2, 0.25) is 0 Å². The molecule has 126 valence electrons.